The normalized spacial score (nSPS) is 18.7. The average molecular weight is 296 g/mol. The molecule has 18 heavy (non-hydrogen) atoms. The number of rotatable bonds is 4. The fraction of sp³-hybridized carbons (Fsp3) is 1.00. The van der Waals surface area contributed by atoms with E-state index >= 15 is 0 Å². The summed E-state index contributed by atoms with van der Waals surface area (Å²) in [6.45, 7) is -0.720. The smallest absolute Gasteiger partial charge is 0.272 e. The molecule has 0 N–H and O–H groups in total. The van der Waals surface area contributed by atoms with Crippen LogP contribution in [-0.2, 0) is 4.74 Å². The third-order valence-electron chi connectivity index (χ3n) is 1.83. The molecule has 0 aliphatic carbocycles. The largest absolute Gasteiger partial charge is 0.462 e. The van der Waals surface area contributed by atoms with Gasteiger partial charge in [0.25, 0.3) is 5.85 Å². The van der Waals surface area contributed by atoms with Crippen LogP contribution >= 0.6 is 0 Å². The van der Waals surface area contributed by atoms with Gasteiger partial charge >= 0.3 is 24.1 Å². The standard InChI is InChI=1S/C7H6F10O/c1-3(8,9)4(2,10)18-7(16,17)5(11,12)6(13,14)15/h1-2H3. The molecule has 0 amide bonds. The lowest BCUT2D eigenvalue weighted by Gasteiger charge is -2.34. The first-order valence-electron chi connectivity index (χ1n) is 4.05. The van der Waals surface area contributed by atoms with Crippen LogP contribution in [0.1, 0.15) is 13.8 Å². The molecule has 0 rings (SSSR count). The van der Waals surface area contributed by atoms with E-state index in [0.717, 1.165) is 0 Å². The lowest BCUT2D eigenvalue weighted by molar-refractivity contribution is -0.468. The second-order valence-electron chi connectivity index (χ2n) is 3.50. The number of hydrogen-bond donors (Lipinski definition) is 0. The fourth-order valence-corrected chi connectivity index (χ4v) is 0.559. The number of ether oxygens (including phenoxy) is 1. The Morgan fingerprint density at radius 2 is 1.00 bits per heavy atom. The topological polar surface area (TPSA) is 9.23 Å². The van der Waals surface area contributed by atoms with Crippen molar-refractivity contribution in [2.24, 2.45) is 0 Å². The van der Waals surface area contributed by atoms with E-state index in [0.29, 0.717) is 0 Å². The number of halogens is 10. The van der Waals surface area contributed by atoms with Crippen LogP contribution < -0.4 is 0 Å². The lowest BCUT2D eigenvalue weighted by Crippen LogP contribution is -2.58. The molecule has 0 aliphatic heterocycles. The van der Waals surface area contributed by atoms with Gasteiger partial charge in [0.05, 0.1) is 0 Å². The van der Waals surface area contributed by atoms with Crippen molar-refractivity contribution in [1.82, 2.24) is 0 Å². The Hall–Kier alpha value is -0.740. The summed E-state index contributed by atoms with van der Waals surface area (Å²) in [6, 6.07) is 0. The molecular formula is C7H6F10O. The molecule has 0 spiro atoms. The zero-order chi connectivity index (χ0) is 15.2. The van der Waals surface area contributed by atoms with Crippen molar-refractivity contribution in [3.63, 3.8) is 0 Å². The first kappa shape index (κ1) is 17.3. The Morgan fingerprint density at radius 1 is 0.667 bits per heavy atom. The quantitative estimate of drug-likeness (QED) is 0.709. The molecule has 0 aromatic heterocycles. The molecule has 1 atom stereocenters. The van der Waals surface area contributed by atoms with E-state index in [2.05, 4.69) is 4.74 Å². The van der Waals surface area contributed by atoms with Crippen LogP contribution in [0.5, 0.6) is 0 Å². The van der Waals surface area contributed by atoms with Gasteiger partial charge in [0.15, 0.2) is 0 Å². The van der Waals surface area contributed by atoms with E-state index in [1.165, 1.54) is 0 Å². The minimum Gasteiger partial charge on any atom is -0.272 e. The number of alkyl halides is 10. The van der Waals surface area contributed by atoms with Crippen molar-refractivity contribution < 1.29 is 48.6 Å². The molecule has 0 aliphatic rings. The van der Waals surface area contributed by atoms with Crippen molar-refractivity contribution in [3.8, 4) is 0 Å². The van der Waals surface area contributed by atoms with E-state index in [9.17, 15) is 43.9 Å². The highest BCUT2D eigenvalue weighted by Gasteiger charge is 2.76. The third kappa shape index (κ3) is 2.98. The number of hydrogen-bond acceptors (Lipinski definition) is 1. The second-order valence-corrected chi connectivity index (χ2v) is 3.50. The summed E-state index contributed by atoms with van der Waals surface area (Å²) in [5.41, 5.74) is 0. The Morgan fingerprint density at radius 3 is 1.22 bits per heavy atom. The van der Waals surface area contributed by atoms with Gasteiger partial charge in [0, 0.05) is 13.8 Å². The van der Waals surface area contributed by atoms with Crippen LogP contribution in [0, 0.1) is 0 Å². The predicted octanol–water partition coefficient (Wildman–Crippen LogP) is 4.13. The summed E-state index contributed by atoms with van der Waals surface area (Å²) in [6.07, 6.45) is -13.3. The monoisotopic (exact) mass is 296 g/mol. The summed E-state index contributed by atoms with van der Waals surface area (Å²) < 4.78 is 124. The second kappa shape index (κ2) is 4.14. The minimum atomic E-state index is -6.82. The zero-order valence-corrected chi connectivity index (χ0v) is 8.69. The van der Waals surface area contributed by atoms with Crippen molar-refractivity contribution in [3.05, 3.63) is 0 Å². The maximum Gasteiger partial charge on any atom is 0.462 e. The fourth-order valence-electron chi connectivity index (χ4n) is 0.559. The van der Waals surface area contributed by atoms with Gasteiger partial charge in [-0.25, -0.2) is 13.2 Å². The Balaban J connectivity index is 5.33. The Labute approximate surface area is 93.7 Å². The first-order chi connectivity index (χ1) is 7.46. The van der Waals surface area contributed by atoms with Gasteiger partial charge in [0.2, 0.25) is 0 Å². The minimum absolute atomic E-state index is 0.325. The van der Waals surface area contributed by atoms with E-state index in [4.69, 9.17) is 0 Å². The molecule has 0 bridgehead atoms. The Kier molecular flexibility index (Phi) is 3.97. The summed E-state index contributed by atoms with van der Waals surface area (Å²) in [7, 11) is 0. The van der Waals surface area contributed by atoms with Gasteiger partial charge in [-0.05, 0) is 0 Å². The first-order valence-corrected chi connectivity index (χ1v) is 4.05. The third-order valence-corrected chi connectivity index (χ3v) is 1.83. The van der Waals surface area contributed by atoms with Gasteiger partial charge in [0.1, 0.15) is 0 Å². The SMILES string of the molecule is CC(F)(F)C(C)(F)OC(F)(F)C(F)(F)C(F)(F)F. The summed E-state index contributed by atoms with van der Waals surface area (Å²) in [4.78, 5) is 0. The molecule has 0 aromatic rings. The maximum absolute atomic E-state index is 12.9. The van der Waals surface area contributed by atoms with Crippen molar-refractivity contribution >= 4 is 0 Å². The van der Waals surface area contributed by atoms with Crippen molar-refractivity contribution in [1.29, 1.82) is 0 Å². The van der Waals surface area contributed by atoms with Gasteiger partial charge in [-0.3, -0.25) is 4.74 Å². The zero-order valence-electron chi connectivity index (χ0n) is 8.69. The molecule has 110 valence electrons. The molecule has 0 aromatic carbocycles. The van der Waals surface area contributed by atoms with E-state index < -0.39 is 36.9 Å². The van der Waals surface area contributed by atoms with Crippen LogP contribution in [0.15, 0.2) is 0 Å². The highest BCUT2D eigenvalue weighted by Crippen LogP contribution is 2.50. The van der Waals surface area contributed by atoms with Gasteiger partial charge in [-0.2, -0.15) is 30.7 Å². The van der Waals surface area contributed by atoms with Gasteiger partial charge in [-0.1, -0.05) is 0 Å². The molecule has 1 unspecified atom stereocenters. The average Bonchev–Trinajstić information content (AvgIpc) is 1.96. The van der Waals surface area contributed by atoms with E-state index in [-0.39, 0.29) is 6.92 Å². The molecule has 0 heterocycles. The molecular weight excluding hydrogens is 290 g/mol. The molecule has 1 nitrogen and oxygen atoms in total. The molecule has 0 radical (unpaired) electrons. The van der Waals surface area contributed by atoms with Crippen LogP contribution in [0.2, 0.25) is 0 Å². The van der Waals surface area contributed by atoms with E-state index in [1.807, 2.05) is 0 Å². The van der Waals surface area contributed by atoms with Crippen molar-refractivity contribution in [2.45, 2.75) is 43.8 Å². The summed E-state index contributed by atoms with van der Waals surface area (Å²) in [5.74, 6) is -16.3. The highest BCUT2D eigenvalue weighted by molar-refractivity contribution is 4.88. The van der Waals surface area contributed by atoms with E-state index in [1.54, 1.807) is 0 Å². The summed E-state index contributed by atoms with van der Waals surface area (Å²) in [5, 5.41) is 0. The molecule has 0 fully saturated rings. The van der Waals surface area contributed by atoms with Crippen LogP contribution in [0.3, 0.4) is 0 Å². The van der Waals surface area contributed by atoms with Crippen LogP contribution in [-0.4, -0.2) is 30.0 Å². The Bertz CT molecular complexity index is 298. The predicted molar refractivity (Wildman–Crippen MR) is 37.2 cm³/mol. The van der Waals surface area contributed by atoms with Crippen LogP contribution in [0.4, 0.5) is 43.9 Å². The highest BCUT2D eigenvalue weighted by atomic mass is 19.4. The molecule has 0 saturated carbocycles. The van der Waals surface area contributed by atoms with Gasteiger partial charge in [-0.15, -0.1) is 0 Å². The lowest BCUT2D eigenvalue weighted by atomic mass is 10.2. The van der Waals surface area contributed by atoms with Crippen LogP contribution in [0.25, 0.3) is 0 Å². The molecule has 0 saturated heterocycles. The van der Waals surface area contributed by atoms with Gasteiger partial charge < -0.3 is 0 Å². The molecule has 11 heteroatoms. The maximum atomic E-state index is 12.9. The summed E-state index contributed by atoms with van der Waals surface area (Å²) >= 11 is 0. The van der Waals surface area contributed by atoms with Crippen molar-refractivity contribution in [2.75, 3.05) is 0 Å².